The molecule has 0 saturated heterocycles. The van der Waals surface area contributed by atoms with Crippen LogP contribution in [0.3, 0.4) is 0 Å². The molecule has 0 aliphatic rings. The molecule has 0 spiro atoms. The number of hydrogen-bond acceptors (Lipinski definition) is 7. The maximum Gasteiger partial charge on any atom is 0.234 e. The molecule has 1 amide bonds. The van der Waals surface area contributed by atoms with Gasteiger partial charge in [0.25, 0.3) is 0 Å². The summed E-state index contributed by atoms with van der Waals surface area (Å²) in [6, 6.07) is 13.3. The summed E-state index contributed by atoms with van der Waals surface area (Å²) in [6.45, 7) is 4.28. The molecule has 9 heteroatoms. The summed E-state index contributed by atoms with van der Waals surface area (Å²) in [5.74, 6) is 1.57. The molecular weight excluding hydrogens is 390 g/mol. The fourth-order valence-corrected chi connectivity index (χ4v) is 3.35. The molecule has 1 aromatic heterocycles. The van der Waals surface area contributed by atoms with Crippen molar-refractivity contribution in [3.63, 3.8) is 0 Å². The van der Waals surface area contributed by atoms with E-state index in [1.165, 1.54) is 17.3 Å². The smallest absolute Gasteiger partial charge is 0.234 e. The summed E-state index contributed by atoms with van der Waals surface area (Å²) in [4.78, 5) is 12.4. The van der Waals surface area contributed by atoms with Gasteiger partial charge in [0.15, 0.2) is 0 Å². The summed E-state index contributed by atoms with van der Waals surface area (Å²) in [5.41, 5.74) is 2.63. The van der Waals surface area contributed by atoms with Crippen LogP contribution in [-0.4, -0.2) is 46.1 Å². The minimum Gasteiger partial charge on any atom is -0.497 e. The van der Waals surface area contributed by atoms with Crippen LogP contribution in [0.15, 0.2) is 47.6 Å². The average Bonchev–Trinajstić information content (AvgIpc) is 3.21. The molecule has 0 saturated carbocycles. The number of aromatic nitrogens is 4. The number of thioether (sulfide) groups is 1. The van der Waals surface area contributed by atoms with E-state index in [0.717, 1.165) is 5.69 Å². The van der Waals surface area contributed by atoms with Crippen molar-refractivity contribution in [1.82, 2.24) is 20.2 Å². The molecule has 152 valence electrons. The van der Waals surface area contributed by atoms with E-state index < -0.39 is 0 Å². The highest BCUT2D eigenvalue weighted by Gasteiger charge is 2.14. The highest BCUT2D eigenvalue weighted by atomic mass is 32.2. The SMILES string of the molecule is COc1ccc(OC)c(NC(=O)CSc2nnnn2-c2ccc(C(C)C)cc2)c1. The van der Waals surface area contributed by atoms with E-state index in [2.05, 4.69) is 46.8 Å². The number of amides is 1. The Morgan fingerprint density at radius 3 is 2.55 bits per heavy atom. The van der Waals surface area contributed by atoms with Gasteiger partial charge in [-0.25, -0.2) is 0 Å². The Balaban J connectivity index is 1.67. The van der Waals surface area contributed by atoms with Gasteiger partial charge in [-0.3, -0.25) is 4.79 Å². The highest BCUT2D eigenvalue weighted by molar-refractivity contribution is 7.99. The number of nitrogens with one attached hydrogen (secondary N) is 1. The maximum absolute atomic E-state index is 12.4. The molecule has 8 nitrogen and oxygen atoms in total. The van der Waals surface area contributed by atoms with Crippen LogP contribution in [0.2, 0.25) is 0 Å². The minimum atomic E-state index is -0.203. The van der Waals surface area contributed by atoms with Crippen LogP contribution in [0.4, 0.5) is 5.69 Å². The third-order valence-electron chi connectivity index (χ3n) is 4.26. The van der Waals surface area contributed by atoms with Gasteiger partial charge in [-0.15, -0.1) is 5.10 Å². The number of carbonyl (C=O) groups excluding carboxylic acids is 1. The van der Waals surface area contributed by atoms with Crippen molar-refractivity contribution >= 4 is 23.4 Å². The van der Waals surface area contributed by atoms with Crippen LogP contribution in [0.5, 0.6) is 11.5 Å². The lowest BCUT2D eigenvalue weighted by Gasteiger charge is -2.11. The van der Waals surface area contributed by atoms with E-state index in [-0.39, 0.29) is 11.7 Å². The molecule has 0 atom stereocenters. The minimum absolute atomic E-state index is 0.144. The third kappa shape index (κ3) is 5.05. The third-order valence-corrected chi connectivity index (χ3v) is 5.18. The van der Waals surface area contributed by atoms with Gasteiger partial charge >= 0.3 is 0 Å². The van der Waals surface area contributed by atoms with Gasteiger partial charge in [0.1, 0.15) is 11.5 Å². The van der Waals surface area contributed by atoms with Crippen LogP contribution in [0.1, 0.15) is 25.3 Å². The van der Waals surface area contributed by atoms with Gasteiger partial charge in [0.2, 0.25) is 11.1 Å². The van der Waals surface area contributed by atoms with Crippen molar-refractivity contribution in [3.8, 4) is 17.2 Å². The Morgan fingerprint density at radius 2 is 1.90 bits per heavy atom. The zero-order valence-corrected chi connectivity index (χ0v) is 17.6. The summed E-state index contributed by atoms with van der Waals surface area (Å²) in [6.07, 6.45) is 0. The van der Waals surface area contributed by atoms with Gasteiger partial charge in [-0.2, -0.15) is 4.68 Å². The van der Waals surface area contributed by atoms with Gasteiger partial charge in [-0.1, -0.05) is 37.7 Å². The molecular formula is C20H23N5O3S. The first kappa shape index (κ1) is 20.7. The summed E-state index contributed by atoms with van der Waals surface area (Å²) < 4.78 is 12.1. The van der Waals surface area contributed by atoms with Crippen molar-refractivity contribution in [2.45, 2.75) is 24.9 Å². The quantitative estimate of drug-likeness (QED) is 0.565. The number of anilines is 1. The van der Waals surface area contributed by atoms with Crippen molar-refractivity contribution in [2.75, 3.05) is 25.3 Å². The summed E-state index contributed by atoms with van der Waals surface area (Å²) >= 11 is 1.25. The molecule has 0 bridgehead atoms. The standard InChI is InChI=1S/C20H23N5O3S/c1-13(2)14-5-7-15(8-6-14)25-20(22-23-24-25)29-12-19(26)21-17-11-16(27-3)9-10-18(17)28-4/h5-11,13H,12H2,1-4H3,(H,21,26). The van der Waals surface area contributed by atoms with Crippen LogP contribution in [0, 0.1) is 0 Å². The summed E-state index contributed by atoms with van der Waals surface area (Å²) in [5, 5.41) is 15.2. The Labute approximate surface area is 173 Å². The Morgan fingerprint density at radius 1 is 1.14 bits per heavy atom. The van der Waals surface area contributed by atoms with Crippen LogP contribution < -0.4 is 14.8 Å². The zero-order valence-electron chi connectivity index (χ0n) is 16.7. The van der Waals surface area contributed by atoms with Crippen molar-refractivity contribution < 1.29 is 14.3 Å². The van der Waals surface area contributed by atoms with E-state index in [0.29, 0.717) is 28.3 Å². The number of rotatable bonds is 8. The van der Waals surface area contributed by atoms with E-state index in [4.69, 9.17) is 9.47 Å². The van der Waals surface area contributed by atoms with Gasteiger partial charge in [0.05, 0.1) is 31.3 Å². The second-order valence-corrected chi connectivity index (χ2v) is 7.47. The van der Waals surface area contributed by atoms with Crippen LogP contribution in [0.25, 0.3) is 5.69 Å². The van der Waals surface area contributed by atoms with Gasteiger partial charge in [-0.05, 0) is 46.2 Å². The summed E-state index contributed by atoms with van der Waals surface area (Å²) in [7, 11) is 3.11. The van der Waals surface area contributed by atoms with Gasteiger partial charge < -0.3 is 14.8 Å². The normalized spacial score (nSPS) is 10.8. The predicted octanol–water partition coefficient (Wildman–Crippen LogP) is 3.53. The van der Waals surface area contributed by atoms with Crippen LogP contribution in [-0.2, 0) is 4.79 Å². The zero-order chi connectivity index (χ0) is 20.8. The molecule has 3 aromatic rings. The first-order chi connectivity index (χ1) is 14.0. The van der Waals surface area contributed by atoms with Crippen LogP contribution >= 0.6 is 11.8 Å². The first-order valence-corrected chi connectivity index (χ1v) is 10.0. The van der Waals surface area contributed by atoms with Crippen molar-refractivity contribution in [1.29, 1.82) is 0 Å². The molecule has 0 fully saturated rings. The molecule has 3 rings (SSSR count). The highest BCUT2D eigenvalue weighted by Crippen LogP contribution is 2.29. The molecule has 0 aliphatic carbocycles. The number of nitrogens with zero attached hydrogens (tertiary/aromatic N) is 4. The second kappa shape index (κ2) is 9.42. The number of hydrogen-bond donors (Lipinski definition) is 1. The van der Waals surface area contributed by atoms with E-state index >= 15 is 0 Å². The van der Waals surface area contributed by atoms with Gasteiger partial charge in [0, 0.05) is 6.07 Å². The van der Waals surface area contributed by atoms with E-state index in [9.17, 15) is 4.79 Å². The maximum atomic E-state index is 12.4. The fraction of sp³-hybridized carbons (Fsp3) is 0.300. The lowest BCUT2D eigenvalue weighted by molar-refractivity contribution is -0.113. The second-order valence-electron chi connectivity index (χ2n) is 6.52. The molecule has 0 radical (unpaired) electrons. The molecule has 0 aliphatic heterocycles. The number of tetrazole rings is 1. The average molecular weight is 414 g/mol. The lowest BCUT2D eigenvalue weighted by atomic mass is 10.0. The molecule has 1 heterocycles. The Bertz CT molecular complexity index is 973. The monoisotopic (exact) mass is 413 g/mol. The van der Waals surface area contributed by atoms with Crippen molar-refractivity contribution in [3.05, 3.63) is 48.0 Å². The Hall–Kier alpha value is -3.07. The number of carbonyl (C=O) groups is 1. The first-order valence-electron chi connectivity index (χ1n) is 9.05. The Kier molecular flexibility index (Phi) is 6.71. The molecule has 2 aromatic carbocycles. The lowest BCUT2D eigenvalue weighted by Crippen LogP contribution is -2.15. The molecule has 29 heavy (non-hydrogen) atoms. The number of ether oxygens (including phenoxy) is 2. The fourth-order valence-electron chi connectivity index (χ4n) is 2.66. The molecule has 1 N–H and O–H groups in total. The molecule has 0 unspecified atom stereocenters. The van der Waals surface area contributed by atoms with E-state index in [1.54, 1.807) is 37.1 Å². The number of methoxy groups -OCH3 is 2. The van der Waals surface area contributed by atoms with Crippen molar-refractivity contribution in [2.24, 2.45) is 0 Å². The van der Waals surface area contributed by atoms with E-state index in [1.807, 2.05) is 12.1 Å². The topological polar surface area (TPSA) is 91.2 Å². The number of benzene rings is 2. The predicted molar refractivity (Wildman–Crippen MR) is 112 cm³/mol. The largest absolute Gasteiger partial charge is 0.497 e.